The van der Waals surface area contributed by atoms with Gasteiger partial charge in [0.2, 0.25) is 0 Å². The molecule has 0 aromatic carbocycles. The fourth-order valence-electron chi connectivity index (χ4n) is 1.40. The second-order valence-corrected chi connectivity index (χ2v) is 5.83. The average molecular weight is 272 g/mol. The van der Waals surface area contributed by atoms with Gasteiger partial charge in [0.25, 0.3) is 0 Å². The molecule has 0 bridgehead atoms. The van der Waals surface area contributed by atoms with Crippen molar-refractivity contribution in [3.63, 3.8) is 0 Å². The quantitative estimate of drug-likeness (QED) is 0.235. The van der Waals surface area contributed by atoms with Crippen LogP contribution in [0, 0.1) is 0 Å². The summed E-state index contributed by atoms with van der Waals surface area (Å²) in [4.78, 5) is 0. The van der Waals surface area contributed by atoms with Gasteiger partial charge in [-0.2, -0.15) is 0 Å². The van der Waals surface area contributed by atoms with Crippen molar-refractivity contribution in [2.75, 3.05) is 13.1 Å². The predicted molar refractivity (Wildman–Crippen MR) is 78.6 cm³/mol. The summed E-state index contributed by atoms with van der Waals surface area (Å²) in [5.41, 5.74) is 0.688. The molecule has 0 saturated carbocycles. The van der Waals surface area contributed by atoms with Crippen LogP contribution >= 0.6 is 0 Å². The van der Waals surface area contributed by atoms with Crippen LogP contribution in [0.4, 0.5) is 0 Å². The van der Waals surface area contributed by atoms with E-state index in [4.69, 9.17) is 10.4 Å². The summed E-state index contributed by atoms with van der Waals surface area (Å²) < 4.78 is 0. The van der Waals surface area contributed by atoms with Gasteiger partial charge in [0.1, 0.15) is 0 Å². The fraction of sp³-hybridized carbons (Fsp3) is 0.846. The molecule has 0 aromatic rings. The van der Waals surface area contributed by atoms with E-state index in [-0.39, 0.29) is 11.1 Å². The van der Waals surface area contributed by atoms with Crippen LogP contribution in [-0.4, -0.2) is 46.0 Å². The summed E-state index contributed by atoms with van der Waals surface area (Å²) in [7, 11) is 0. The summed E-state index contributed by atoms with van der Waals surface area (Å²) in [6.45, 7) is 13.1. The number of hydrogen-bond donors (Lipinski definition) is 4. The lowest BCUT2D eigenvalue weighted by Gasteiger charge is -2.27. The fourth-order valence-corrected chi connectivity index (χ4v) is 1.40. The van der Waals surface area contributed by atoms with Crippen molar-refractivity contribution in [2.24, 2.45) is 10.3 Å². The molecule has 0 heterocycles. The average Bonchev–Trinajstić information content (AvgIpc) is 2.35. The van der Waals surface area contributed by atoms with Gasteiger partial charge in [-0.3, -0.25) is 0 Å². The highest BCUT2D eigenvalue weighted by Gasteiger charge is 2.22. The minimum atomic E-state index is -0.313. The minimum absolute atomic E-state index is 0.313. The molecule has 0 amide bonds. The molecular formula is C13H28N4O2. The molecule has 0 aliphatic rings. The molecule has 0 saturated heterocycles. The topological polar surface area (TPSA) is 89.2 Å². The Morgan fingerprint density at radius 1 is 0.842 bits per heavy atom. The molecule has 0 spiro atoms. The first-order valence-corrected chi connectivity index (χ1v) is 6.55. The number of oxime groups is 2. The third-order valence-electron chi connectivity index (χ3n) is 3.60. The van der Waals surface area contributed by atoms with E-state index in [0.29, 0.717) is 11.4 Å². The van der Waals surface area contributed by atoms with Crippen LogP contribution in [0.5, 0.6) is 0 Å². The predicted octanol–water partition coefficient (Wildman–Crippen LogP) is 1.81. The van der Waals surface area contributed by atoms with Gasteiger partial charge in [0.05, 0.1) is 22.5 Å². The smallest absolute Gasteiger partial charge is 0.0734 e. The van der Waals surface area contributed by atoms with Crippen LogP contribution in [0.3, 0.4) is 0 Å². The first-order chi connectivity index (χ1) is 8.67. The lowest BCUT2D eigenvalue weighted by molar-refractivity contribution is 0.309. The van der Waals surface area contributed by atoms with E-state index in [2.05, 4.69) is 20.9 Å². The Hall–Kier alpha value is -1.14. The molecule has 0 rings (SSSR count). The first kappa shape index (κ1) is 17.9. The van der Waals surface area contributed by atoms with Crippen molar-refractivity contribution in [2.45, 2.75) is 59.0 Å². The van der Waals surface area contributed by atoms with Crippen LogP contribution in [0.2, 0.25) is 0 Å². The van der Waals surface area contributed by atoms with E-state index in [1.807, 2.05) is 27.7 Å². The van der Waals surface area contributed by atoms with Gasteiger partial charge in [-0.05, 0) is 61.1 Å². The van der Waals surface area contributed by atoms with Crippen molar-refractivity contribution in [1.82, 2.24) is 10.6 Å². The number of rotatable bonds is 8. The molecule has 6 nitrogen and oxygen atoms in total. The second-order valence-electron chi connectivity index (χ2n) is 5.83. The zero-order valence-electron chi connectivity index (χ0n) is 12.9. The van der Waals surface area contributed by atoms with Crippen molar-refractivity contribution >= 4 is 11.4 Å². The molecule has 0 aliphatic carbocycles. The van der Waals surface area contributed by atoms with Crippen molar-refractivity contribution in [3.8, 4) is 0 Å². The molecule has 112 valence electrons. The molecule has 0 aromatic heterocycles. The van der Waals surface area contributed by atoms with E-state index in [9.17, 15) is 0 Å². The van der Waals surface area contributed by atoms with Crippen molar-refractivity contribution < 1.29 is 10.4 Å². The van der Waals surface area contributed by atoms with Gasteiger partial charge in [0.15, 0.2) is 0 Å². The maximum atomic E-state index is 8.77. The van der Waals surface area contributed by atoms with Gasteiger partial charge >= 0.3 is 0 Å². The first-order valence-electron chi connectivity index (χ1n) is 6.55. The van der Waals surface area contributed by atoms with Crippen LogP contribution in [0.15, 0.2) is 10.3 Å². The van der Waals surface area contributed by atoms with Crippen LogP contribution in [0.1, 0.15) is 48.0 Å². The van der Waals surface area contributed by atoms with E-state index < -0.39 is 0 Å². The molecule has 0 atom stereocenters. The monoisotopic (exact) mass is 272 g/mol. The third kappa shape index (κ3) is 6.02. The van der Waals surface area contributed by atoms with E-state index >= 15 is 0 Å². The van der Waals surface area contributed by atoms with Crippen LogP contribution in [0.25, 0.3) is 0 Å². The molecule has 6 heteroatoms. The Morgan fingerprint density at radius 3 is 1.42 bits per heavy atom. The lowest BCUT2D eigenvalue weighted by atomic mass is 9.99. The van der Waals surface area contributed by atoms with Gasteiger partial charge < -0.3 is 21.0 Å². The maximum absolute atomic E-state index is 8.77. The van der Waals surface area contributed by atoms with Crippen molar-refractivity contribution in [1.29, 1.82) is 0 Å². The minimum Gasteiger partial charge on any atom is -0.411 e. The summed E-state index contributed by atoms with van der Waals surface area (Å²) in [6.07, 6.45) is 0.921. The third-order valence-corrected chi connectivity index (χ3v) is 3.60. The summed E-state index contributed by atoms with van der Waals surface area (Å²) >= 11 is 0. The van der Waals surface area contributed by atoms with Crippen molar-refractivity contribution in [3.05, 3.63) is 0 Å². The molecule has 0 unspecified atom stereocenters. The van der Waals surface area contributed by atoms with Gasteiger partial charge in [-0.1, -0.05) is 10.3 Å². The second kappa shape index (κ2) is 7.45. The summed E-state index contributed by atoms with van der Waals surface area (Å²) in [6, 6.07) is 0. The SMILES string of the molecule is CC(=NO)C(C)(C)NCCCNC(C)(C)C(C)=NO. The Bertz CT molecular complexity index is 304. The van der Waals surface area contributed by atoms with Crippen LogP contribution < -0.4 is 10.6 Å². The molecule has 0 fully saturated rings. The standard InChI is InChI=1S/C13H28N4O2/c1-10(16-18)12(3,4)14-8-7-9-15-13(5,6)11(2)17-19/h14-15,18-19H,7-9H2,1-6H3. The highest BCUT2D eigenvalue weighted by atomic mass is 16.4. The normalized spacial score (nSPS) is 14.8. The highest BCUT2D eigenvalue weighted by Crippen LogP contribution is 2.06. The Labute approximate surface area is 116 Å². The summed E-state index contributed by atoms with van der Waals surface area (Å²) in [5, 5.41) is 30.6. The van der Waals surface area contributed by atoms with E-state index in [1.54, 1.807) is 13.8 Å². The molecule has 0 aliphatic heterocycles. The molecule has 0 radical (unpaired) electrons. The molecule has 19 heavy (non-hydrogen) atoms. The zero-order chi connectivity index (χ0) is 15.1. The Kier molecular flexibility index (Phi) is 7.00. The number of hydrogen-bond acceptors (Lipinski definition) is 6. The van der Waals surface area contributed by atoms with Gasteiger partial charge in [-0.15, -0.1) is 0 Å². The number of nitrogens with zero attached hydrogens (tertiary/aromatic N) is 2. The van der Waals surface area contributed by atoms with E-state index in [1.165, 1.54) is 0 Å². The van der Waals surface area contributed by atoms with E-state index in [0.717, 1.165) is 19.5 Å². The number of nitrogens with one attached hydrogen (secondary N) is 2. The molecular weight excluding hydrogens is 244 g/mol. The lowest BCUT2D eigenvalue weighted by Crippen LogP contribution is -2.48. The largest absolute Gasteiger partial charge is 0.411 e. The molecule has 4 N–H and O–H groups in total. The summed E-state index contributed by atoms with van der Waals surface area (Å²) in [5.74, 6) is 0. The Balaban J connectivity index is 4.02. The zero-order valence-corrected chi connectivity index (χ0v) is 12.9. The van der Waals surface area contributed by atoms with Gasteiger partial charge in [-0.25, -0.2) is 0 Å². The van der Waals surface area contributed by atoms with Crippen LogP contribution in [-0.2, 0) is 0 Å². The maximum Gasteiger partial charge on any atom is 0.0734 e. The highest BCUT2D eigenvalue weighted by molar-refractivity contribution is 5.90. The Morgan fingerprint density at radius 2 is 1.16 bits per heavy atom. The van der Waals surface area contributed by atoms with Gasteiger partial charge in [0, 0.05) is 0 Å².